The first kappa shape index (κ1) is 16.2. The predicted molar refractivity (Wildman–Crippen MR) is 94.8 cm³/mol. The zero-order chi connectivity index (χ0) is 16.9. The van der Waals surface area contributed by atoms with Gasteiger partial charge in [-0.05, 0) is 35.7 Å². The lowest BCUT2D eigenvalue weighted by atomic mass is 10.00. The first-order chi connectivity index (χ1) is 11.6. The molecule has 2 aromatic rings. The van der Waals surface area contributed by atoms with Crippen molar-refractivity contribution >= 4 is 23.2 Å². The number of carbonyl (C=O) groups excluding carboxylic acids is 2. The van der Waals surface area contributed by atoms with Crippen LogP contribution in [0.1, 0.15) is 18.1 Å². The van der Waals surface area contributed by atoms with Crippen LogP contribution in [0.15, 0.2) is 48.5 Å². The summed E-state index contributed by atoms with van der Waals surface area (Å²) in [5.41, 5.74) is 4.03. The summed E-state index contributed by atoms with van der Waals surface area (Å²) < 4.78 is 0. The fraction of sp³-hybridized carbons (Fsp3) is 0.263. The third-order valence-electron chi connectivity index (χ3n) is 4.04. The van der Waals surface area contributed by atoms with E-state index in [0.717, 1.165) is 19.5 Å². The number of amides is 2. The molecule has 2 amide bonds. The standard InChI is InChI=1S/C19H21N3O2/c1-14(23)20-17-7-4-8-18(11-17)21-19(24)13-22-10-9-15-5-2-3-6-16(15)12-22/h2-8,11H,9-10,12-13H2,1H3,(H,20,23)(H,21,24). The molecule has 3 rings (SSSR count). The molecule has 5 heteroatoms. The van der Waals surface area contributed by atoms with Crippen LogP contribution in [0.25, 0.3) is 0 Å². The average molecular weight is 323 g/mol. The van der Waals surface area contributed by atoms with Crippen LogP contribution in [0.3, 0.4) is 0 Å². The maximum absolute atomic E-state index is 12.3. The highest BCUT2D eigenvalue weighted by atomic mass is 16.2. The maximum atomic E-state index is 12.3. The Balaban J connectivity index is 1.57. The molecule has 0 spiro atoms. The quantitative estimate of drug-likeness (QED) is 0.909. The van der Waals surface area contributed by atoms with Gasteiger partial charge in [-0.3, -0.25) is 14.5 Å². The highest BCUT2D eigenvalue weighted by Gasteiger charge is 2.18. The highest BCUT2D eigenvalue weighted by molar-refractivity contribution is 5.94. The van der Waals surface area contributed by atoms with E-state index in [2.05, 4.69) is 33.7 Å². The van der Waals surface area contributed by atoms with Crippen molar-refractivity contribution in [3.8, 4) is 0 Å². The molecule has 1 aliphatic heterocycles. The van der Waals surface area contributed by atoms with Crippen LogP contribution in [-0.4, -0.2) is 29.8 Å². The summed E-state index contributed by atoms with van der Waals surface area (Å²) >= 11 is 0. The van der Waals surface area contributed by atoms with Crippen LogP contribution >= 0.6 is 0 Å². The van der Waals surface area contributed by atoms with Crippen LogP contribution in [0, 0.1) is 0 Å². The molecule has 2 aromatic carbocycles. The Morgan fingerprint density at radius 3 is 2.46 bits per heavy atom. The molecule has 2 N–H and O–H groups in total. The number of benzene rings is 2. The van der Waals surface area contributed by atoms with Gasteiger partial charge in [0, 0.05) is 31.4 Å². The summed E-state index contributed by atoms with van der Waals surface area (Å²) in [4.78, 5) is 25.5. The van der Waals surface area contributed by atoms with E-state index in [1.165, 1.54) is 18.1 Å². The fourth-order valence-corrected chi connectivity index (χ4v) is 2.97. The molecule has 5 nitrogen and oxygen atoms in total. The highest BCUT2D eigenvalue weighted by Crippen LogP contribution is 2.19. The lowest BCUT2D eigenvalue weighted by Gasteiger charge is -2.28. The van der Waals surface area contributed by atoms with E-state index >= 15 is 0 Å². The summed E-state index contributed by atoms with van der Waals surface area (Å²) in [5.74, 6) is -0.181. The summed E-state index contributed by atoms with van der Waals surface area (Å²) in [6.45, 7) is 3.50. The summed E-state index contributed by atoms with van der Waals surface area (Å²) in [5, 5.41) is 5.61. The molecule has 0 fully saturated rings. The number of hydrogen-bond donors (Lipinski definition) is 2. The lowest BCUT2D eigenvalue weighted by Crippen LogP contribution is -2.37. The van der Waals surface area contributed by atoms with Crippen molar-refractivity contribution in [3.63, 3.8) is 0 Å². The van der Waals surface area contributed by atoms with E-state index in [1.807, 2.05) is 12.1 Å². The Kier molecular flexibility index (Phi) is 4.91. The Hall–Kier alpha value is -2.66. The molecule has 0 atom stereocenters. The number of fused-ring (bicyclic) bond motifs is 1. The van der Waals surface area contributed by atoms with E-state index in [4.69, 9.17) is 0 Å². The molecule has 24 heavy (non-hydrogen) atoms. The van der Waals surface area contributed by atoms with Crippen molar-refractivity contribution in [2.75, 3.05) is 23.7 Å². The molecule has 1 heterocycles. The second-order valence-corrected chi connectivity index (χ2v) is 6.04. The molecule has 0 saturated carbocycles. The molecule has 0 unspecified atom stereocenters. The van der Waals surface area contributed by atoms with Gasteiger partial charge < -0.3 is 10.6 Å². The molecule has 0 aromatic heterocycles. The largest absolute Gasteiger partial charge is 0.326 e. The monoisotopic (exact) mass is 323 g/mol. The topological polar surface area (TPSA) is 61.4 Å². The van der Waals surface area contributed by atoms with Gasteiger partial charge in [0.25, 0.3) is 0 Å². The Labute approximate surface area is 141 Å². The predicted octanol–water partition coefficient (Wildman–Crippen LogP) is 2.64. The number of anilines is 2. The molecule has 1 aliphatic rings. The number of nitrogens with zero attached hydrogens (tertiary/aromatic N) is 1. The molecule has 0 saturated heterocycles. The number of nitrogens with one attached hydrogen (secondary N) is 2. The van der Waals surface area contributed by atoms with E-state index < -0.39 is 0 Å². The number of rotatable bonds is 4. The lowest BCUT2D eigenvalue weighted by molar-refractivity contribution is -0.117. The average Bonchev–Trinajstić information content (AvgIpc) is 2.54. The molecular formula is C19H21N3O2. The fourth-order valence-electron chi connectivity index (χ4n) is 2.97. The van der Waals surface area contributed by atoms with Crippen LogP contribution < -0.4 is 10.6 Å². The third-order valence-corrected chi connectivity index (χ3v) is 4.04. The number of carbonyl (C=O) groups is 2. The molecule has 124 valence electrons. The zero-order valence-electron chi connectivity index (χ0n) is 13.7. The molecule has 0 bridgehead atoms. The van der Waals surface area contributed by atoms with Gasteiger partial charge in [-0.15, -0.1) is 0 Å². The van der Waals surface area contributed by atoms with E-state index in [1.54, 1.807) is 18.2 Å². The summed E-state index contributed by atoms with van der Waals surface area (Å²) in [6, 6.07) is 15.5. The van der Waals surface area contributed by atoms with E-state index in [0.29, 0.717) is 17.9 Å². The van der Waals surface area contributed by atoms with Crippen molar-refractivity contribution < 1.29 is 9.59 Å². The SMILES string of the molecule is CC(=O)Nc1cccc(NC(=O)CN2CCc3ccccc3C2)c1. The molecule has 0 radical (unpaired) electrons. The van der Waals surface area contributed by atoms with Gasteiger partial charge in [-0.2, -0.15) is 0 Å². The minimum absolute atomic E-state index is 0.0469. The van der Waals surface area contributed by atoms with Gasteiger partial charge in [0.05, 0.1) is 6.54 Å². The van der Waals surface area contributed by atoms with Crippen LogP contribution in [0.5, 0.6) is 0 Å². The second kappa shape index (κ2) is 7.27. The zero-order valence-corrected chi connectivity index (χ0v) is 13.7. The Morgan fingerprint density at radius 1 is 1.00 bits per heavy atom. The Morgan fingerprint density at radius 2 is 1.71 bits per heavy atom. The van der Waals surface area contributed by atoms with Gasteiger partial charge >= 0.3 is 0 Å². The first-order valence-corrected chi connectivity index (χ1v) is 8.07. The van der Waals surface area contributed by atoms with E-state index in [-0.39, 0.29) is 11.8 Å². The van der Waals surface area contributed by atoms with Crippen molar-refractivity contribution in [3.05, 3.63) is 59.7 Å². The van der Waals surface area contributed by atoms with Crippen LogP contribution in [0.2, 0.25) is 0 Å². The van der Waals surface area contributed by atoms with Gasteiger partial charge in [0.1, 0.15) is 0 Å². The number of hydrogen-bond acceptors (Lipinski definition) is 3. The van der Waals surface area contributed by atoms with Crippen molar-refractivity contribution in [2.24, 2.45) is 0 Å². The molecule has 0 aliphatic carbocycles. The third kappa shape index (κ3) is 4.20. The van der Waals surface area contributed by atoms with Crippen molar-refractivity contribution in [2.45, 2.75) is 19.9 Å². The van der Waals surface area contributed by atoms with Crippen molar-refractivity contribution in [1.29, 1.82) is 0 Å². The first-order valence-electron chi connectivity index (χ1n) is 8.07. The normalized spacial score (nSPS) is 13.9. The van der Waals surface area contributed by atoms with E-state index in [9.17, 15) is 9.59 Å². The minimum atomic E-state index is -0.134. The van der Waals surface area contributed by atoms with Gasteiger partial charge in [-0.1, -0.05) is 30.3 Å². The maximum Gasteiger partial charge on any atom is 0.238 e. The summed E-state index contributed by atoms with van der Waals surface area (Å²) in [7, 11) is 0. The summed E-state index contributed by atoms with van der Waals surface area (Å²) in [6.07, 6.45) is 0.974. The molecular weight excluding hydrogens is 302 g/mol. The van der Waals surface area contributed by atoms with Gasteiger partial charge in [-0.25, -0.2) is 0 Å². The smallest absolute Gasteiger partial charge is 0.238 e. The Bertz CT molecular complexity index is 758. The minimum Gasteiger partial charge on any atom is -0.326 e. The van der Waals surface area contributed by atoms with Crippen LogP contribution in [-0.2, 0) is 22.6 Å². The van der Waals surface area contributed by atoms with Gasteiger partial charge in [0.15, 0.2) is 0 Å². The van der Waals surface area contributed by atoms with Crippen LogP contribution in [0.4, 0.5) is 11.4 Å². The second-order valence-electron chi connectivity index (χ2n) is 6.04. The van der Waals surface area contributed by atoms with Crippen molar-refractivity contribution in [1.82, 2.24) is 4.90 Å². The van der Waals surface area contributed by atoms with Gasteiger partial charge in [0.2, 0.25) is 11.8 Å².